The van der Waals surface area contributed by atoms with Crippen LogP contribution in [-0.4, -0.2) is 50.2 Å². The third-order valence-electron chi connectivity index (χ3n) is 3.35. The van der Waals surface area contributed by atoms with Crippen LogP contribution in [0.4, 0.5) is 0 Å². The van der Waals surface area contributed by atoms with Gasteiger partial charge in [0.05, 0.1) is 20.3 Å². The molecule has 0 N–H and O–H groups in total. The van der Waals surface area contributed by atoms with Crippen molar-refractivity contribution in [2.45, 2.75) is 6.10 Å². The molecular weight excluding hydrogens is 260 g/mol. The molecule has 20 heavy (non-hydrogen) atoms. The van der Waals surface area contributed by atoms with E-state index in [4.69, 9.17) is 14.2 Å². The first kappa shape index (κ1) is 12.9. The van der Waals surface area contributed by atoms with Crippen LogP contribution in [0, 0.1) is 0 Å². The number of benzene rings is 1. The summed E-state index contributed by atoms with van der Waals surface area (Å²) in [5, 5.41) is 0. The summed E-state index contributed by atoms with van der Waals surface area (Å²) in [6.07, 6.45) is -0.654. The Morgan fingerprint density at radius 3 is 2.60 bits per heavy atom. The number of carbonyl (C=O) groups is 1. The minimum absolute atomic E-state index is 0.267. The van der Waals surface area contributed by atoms with Crippen LogP contribution in [0.15, 0.2) is 29.3 Å². The molecule has 0 radical (unpaired) electrons. The van der Waals surface area contributed by atoms with Crippen LogP contribution in [0.25, 0.3) is 0 Å². The number of hydrogen-bond acceptors (Lipinski definition) is 5. The second-order valence-corrected chi connectivity index (χ2v) is 4.60. The van der Waals surface area contributed by atoms with Crippen LogP contribution in [0.1, 0.15) is 11.7 Å². The number of methoxy groups -OCH3 is 1. The Morgan fingerprint density at radius 2 is 1.95 bits per heavy atom. The molecule has 6 heteroatoms. The van der Waals surface area contributed by atoms with E-state index in [2.05, 4.69) is 4.99 Å². The van der Waals surface area contributed by atoms with Gasteiger partial charge in [0.2, 0.25) is 6.10 Å². The fourth-order valence-corrected chi connectivity index (χ4v) is 2.22. The molecule has 2 aliphatic rings. The molecule has 1 atom stereocenters. The molecular formula is C14H16N2O4. The van der Waals surface area contributed by atoms with Gasteiger partial charge in [-0.1, -0.05) is 12.1 Å². The second kappa shape index (κ2) is 5.50. The summed E-state index contributed by atoms with van der Waals surface area (Å²) in [7, 11) is 1.60. The van der Waals surface area contributed by atoms with E-state index in [-0.39, 0.29) is 5.91 Å². The maximum atomic E-state index is 12.0. The molecule has 6 nitrogen and oxygen atoms in total. The summed E-state index contributed by atoms with van der Waals surface area (Å²) in [4.78, 5) is 17.9. The van der Waals surface area contributed by atoms with Crippen molar-refractivity contribution >= 4 is 11.9 Å². The minimum Gasteiger partial charge on any atom is -0.497 e. The Morgan fingerprint density at radius 1 is 1.25 bits per heavy atom. The molecule has 1 amide bonds. The lowest BCUT2D eigenvalue weighted by molar-refractivity contribution is -0.123. The molecule has 0 spiro atoms. The number of hydrogen-bond donors (Lipinski definition) is 0. The van der Waals surface area contributed by atoms with E-state index in [0.29, 0.717) is 32.3 Å². The summed E-state index contributed by atoms with van der Waals surface area (Å²) < 4.78 is 16.1. The zero-order valence-electron chi connectivity index (χ0n) is 11.2. The predicted molar refractivity (Wildman–Crippen MR) is 71.7 cm³/mol. The van der Waals surface area contributed by atoms with Crippen molar-refractivity contribution in [3.8, 4) is 5.75 Å². The lowest BCUT2D eigenvalue weighted by Crippen LogP contribution is -2.41. The summed E-state index contributed by atoms with van der Waals surface area (Å²) in [6.45, 7) is 2.65. The van der Waals surface area contributed by atoms with Gasteiger partial charge in [0.15, 0.2) is 0 Å². The summed E-state index contributed by atoms with van der Waals surface area (Å²) in [5.74, 6) is 0.477. The Bertz CT molecular complexity index is 520. The lowest BCUT2D eigenvalue weighted by Gasteiger charge is -2.27. The molecule has 0 bridgehead atoms. The summed E-state index contributed by atoms with van der Waals surface area (Å²) >= 11 is 0. The highest BCUT2D eigenvalue weighted by molar-refractivity contribution is 5.99. The molecule has 106 valence electrons. The van der Waals surface area contributed by atoms with Crippen molar-refractivity contribution in [2.24, 2.45) is 4.99 Å². The van der Waals surface area contributed by atoms with Gasteiger partial charge >= 0.3 is 0 Å². The number of amides is 1. The van der Waals surface area contributed by atoms with Crippen molar-refractivity contribution in [2.75, 3.05) is 33.4 Å². The average Bonchev–Trinajstić information content (AvgIpc) is 2.90. The van der Waals surface area contributed by atoms with Crippen molar-refractivity contribution in [3.05, 3.63) is 29.8 Å². The van der Waals surface area contributed by atoms with Gasteiger partial charge in [-0.2, -0.15) is 4.99 Å². The molecule has 3 rings (SSSR count). The SMILES string of the molecule is COc1ccc(C2OC(N3CCOCC3)=NC2=O)cc1. The number of rotatable bonds is 2. The maximum absolute atomic E-state index is 12.0. The van der Waals surface area contributed by atoms with Gasteiger partial charge in [0, 0.05) is 18.7 Å². The van der Waals surface area contributed by atoms with E-state index in [0.717, 1.165) is 11.3 Å². The van der Waals surface area contributed by atoms with Crippen LogP contribution in [0.2, 0.25) is 0 Å². The van der Waals surface area contributed by atoms with Gasteiger partial charge in [0.25, 0.3) is 11.9 Å². The van der Waals surface area contributed by atoms with Crippen molar-refractivity contribution in [3.63, 3.8) is 0 Å². The molecule has 1 aromatic rings. The third kappa shape index (κ3) is 2.46. The second-order valence-electron chi connectivity index (χ2n) is 4.60. The lowest BCUT2D eigenvalue weighted by atomic mass is 10.1. The molecule has 0 aliphatic carbocycles. The number of nitrogens with zero attached hydrogens (tertiary/aromatic N) is 2. The van der Waals surface area contributed by atoms with Crippen LogP contribution < -0.4 is 4.74 Å². The topological polar surface area (TPSA) is 60.4 Å². The van der Waals surface area contributed by atoms with E-state index < -0.39 is 6.10 Å². The Kier molecular flexibility index (Phi) is 3.56. The van der Waals surface area contributed by atoms with Crippen LogP contribution >= 0.6 is 0 Å². The van der Waals surface area contributed by atoms with Gasteiger partial charge in [-0.15, -0.1) is 0 Å². The fourth-order valence-electron chi connectivity index (χ4n) is 2.22. The van der Waals surface area contributed by atoms with E-state index in [9.17, 15) is 4.79 Å². The largest absolute Gasteiger partial charge is 0.497 e. The third-order valence-corrected chi connectivity index (χ3v) is 3.35. The fraction of sp³-hybridized carbons (Fsp3) is 0.429. The number of carbonyl (C=O) groups excluding carboxylic acids is 1. The monoisotopic (exact) mass is 276 g/mol. The number of morpholine rings is 1. The van der Waals surface area contributed by atoms with Crippen molar-refractivity contribution in [1.82, 2.24) is 4.90 Å². The number of aliphatic imine (C=N–C) groups is 1. The number of ether oxygens (including phenoxy) is 3. The first-order chi connectivity index (χ1) is 9.78. The van der Waals surface area contributed by atoms with Gasteiger partial charge in [-0.25, -0.2) is 0 Å². The molecule has 1 aromatic carbocycles. The van der Waals surface area contributed by atoms with Gasteiger partial charge in [-0.05, 0) is 12.1 Å². The first-order valence-electron chi connectivity index (χ1n) is 6.54. The minimum atomic E-state index is -0.654. The Balaban J connectivity index is 1.72. The van der Waals surface area contributed by atoms with Crippen molar-refractivity contribution in [1.29, 1.82) is 0 Å². The highest BCUT2D eigenvalue weighted by Crippen LogP contribution is 2.27. The number of amidine groups is 1. The molecule has 1 fully saturated rings. The van der Waals surface area contributed by atoms with Crippen LogP contribution in [0.5, 0.6) is 5.75 Å². The maximum Gasteiger partial charge on any atom is 0.296 e. The van der Waals surface area contributed by atoms with Crippen molar-refractivity contribution < 1.29 is 19.0 Å². The Labute approximate surface area is 116 Å². The van der Waals surface area contributed by atoms with E-state index in [1.54, 1.807) is 19.2 Å². The molecule has 2 heterocycles. The molecule has 2 aliphatic heterocycles. The molecule has 1 saturated heterocycles. The smallest absolute Gasteiger partial charge is 0.296 e. The normalized spacial score (nSPS) is 22.4. The zero-order chi connectivity index (χ0) is 13.9. The van der Waals surface area contributed by atoms with Crippen LogP contribution in [-0.2, 0) is 14.3 Å². The molecule has 0 aromatic heterocycles. The molecule has 1 unspecified atom stereocenters. The van der Waals surface area contributed by atoms with E-state index in [1.807, 2.05) is 17.0 Å². The van der Waals surface area contributed by atoms with E-state index in [1.165, 1.54) is 0 Å². The van der Waals surface area contributed by atoms with Gasteiger partial charge in [-0.3, -0.25) is 4.79 Å². The highest BCUT2D eigenvalue weighted by atomic mass is 16.5. The van der Waals surface area contributed by atoms with Gasteiger partial charge < -0.3 is 19.1 Å². The quantitative estimate of drug-likeness (QED) is 0.806. The zero-order valence-corrected chi connectivity index (χ0v) is 11.2. The predicted octanol–water partition coefficient (Wildman–Crippen LogP) is 0.981. The van der Waals surface area contributed by atoms with Gasteiger partial charge in [0.1, 0.15) is 5.75 Å². The molecule has 0 saturated carbocycles. The van der Waals surface area contributed by atoms with E-state index >= 15 is 0 Å². The van der Waals surface area contributed by atoms with Crippen LogP contribution in [0.3, 0.4) is 0 Å². The standard InChI is InChI=1S/C14H16N2O4/c1-18-11-4-2-10(3-5-11)12-13(17)15-14(20-12)16-6-8-19-9-7-16/h2-5,12H,6-9H2,1H3. The summed E-state index contributed by atoms with van der Waals surface area (Å²) in [6, 6.07) is 7.65. The highest BCUT2D eigenvalue weighted by Gasteiger charge is 2.33. The first-order valence-corrected chi connectivity index (χ1v) is 6.54. The summed E-state index contributed by atoms with van der Waals surface area (Å²) in [5.41, 5.74) is 0.780. The Hall–Kier alpha value is -2.08. The average molecular weight is 276 g/mol.